The topological polar surface area (TPSA) is 47.3 Å². The molecule has 5 heteroatoms. The first-order valence-electron chi connectivity index (χ1n) is 5.13. The van der Waals surface area contributed by atoms with Gasteiger partial charge < -0.3 is 4.42 Å². The summed E-state index contributed by atoms with van der Waals surface area (Å²) in [6.07, 6.45) is 0.988. The van der Waals surface area contributed by atoms with Crippen LogP contribution in [-0.4, -0.2) is 11.6 Å². The SMILES string of the molecule is O=C(CC(=O)c1ccc(F)cc1Cl)c1ccco1. The summed E-state index contributed by atoms with van der Waals surface area (Å²) in [5.74, 6) is -1.33. The Morgan fingerprint density at radius 2 is 2.00 bits per heavy atom. The number of furan rings is 1. The largest absolute Gasteiger partial charge is 0.461 e. The van der Waals surface area contributed by atoms with E-state index in [4.69, 9.17) is 16.0 Å². The molecule has 2 rings (SSSR count). The van der Waals surface area contributed by atoms with Crippen molar-refractivity contribution in [2.24, 2.45) is 0 Å². The van der Waals surface area contributed by atoms with E-state index in [9.17, 15) is 14.0 Å². The molecule has 0 N–H and O–H groups in total. The molecule has 0 bridgehead atoms. The zero-order valence-corrected chi connectivity index (χ0v) is 9.91. The minimum Gasteiger partial charge on any atom is -0.461 e. The van der Waals surface area contributed by atoms with Crippen LogP contribution in [0.5, 0.6) is 0 Å². The van der Waals surface area contributed by atoms with Crippen LogP contribution >= 0.6 is 11.6 Å². The van der Waals surface area contributed by atoms with Gasteiger partial charge in [0.25, 0.3) is 0 Å². The lowest BCUT2D eigenvalue weighted by Gasteiger charge is -2.02. The molecular weight excluding hydrogens is 259 g/mol. The lowest BCUT2D eigenvalue weighted by Crippen LogP contribution is -2.08. The van der Waals surface area contributed by atoms with Crippen LogP contribution in [0.25, 0.3) is 0 Å². The minimum atomic E-state index is -0.533. The van der Waals surface area contributed by atoms with Crippen molar-refractivity contribution in [1.29, 1.82) is 0 Å². The van der Waals surface area contributed by atoms with Crippen LogP contribution in [0.1, 0.15) is 27.3 Å². The van der Waals surface area contributed by atoms with Gasteiger partial charge in [-0.1, -0.05) is 11.6 Å². The number of carbonyl (C=O) groups is 2. The Morgan fingerprint density at radius 3 is 2.61 bits per heavy atom. The molecule has 0 fully saturated rings. The summed E-state index contributed by atoms with van der Waals surface area (Å²) in [5, 5.41) is -0.00718. The first-order chi connectivity index (χ1) is 8.58. The Hall–Kier alpha value is -1.94. The molecule has 0 radical (unpaired) electrons. The molecule has 1 aromatic heterocycles. The van der Waals surface area contributed by atoms with Crippen molar-refractivity contribution in [1.82, 2.24) is 0 Å². The highest BCUT2D eigenvalue weighted by atomic mass is 35.5. The molecule has 0 atom stereocenters. The Kier molecular flexibility index (Phi) is 3.58. The summed E-state index contributed by atoms with van der Waals surface area (Å²) in [4.78, 5) is 23.4. The lowest BCUT2D eigenvalue weighted by atomic mass is 10.0. The fourth-order valence-corrected chi connectivity index (χ4v) is 1.75. The van der Waals surface area contributed by atoms with Crippen molar-refractivity contribution >= 4 is 23.2 Å². The van der Waals surface area contributed by atoms with Crippen LogP contribution in [0.15, 0.2) is 41.0 Å². The minimum absolute atomic E-state index is 0.00718. The first kappa shape index (κ1) is 12.5. The molecule has 0 aliphatic rings. The fourth-order valence-electron chi connectivity index (χ4n) is 1.48. The van der Waals surface area contributed by atoms with Gasteiger partial charge in [0, 0.05) is 5.56 Å². The first-order valence-corrected chi connectivity index (χ1v) is 5.50. The van der Waals surface area contributed by atoms with Crippen molar-refractivity contribution in [3.8, 4) is 0 Å². The normalized spacial score (nSPS) is 10.3. The van der Waals surface area contributed by atoms with E-state index >= 15 is 0 Å². The molecule has 18 heavy (non-hydrogen) atoms. The summed E-state index contributed by atoms with van der Waals surface area (Å²) >= 11 is 5.74. The van der Waals surface area contributed by atoms with Gasteiger partial charge in [-0.3, -0.25) is 9.59 Å². The highest BCUT2D eigenvalue weighted by molar-refractivity contribution is 6.34. The van der Waals surface area contributed by atoms with E-state index in [-0.39, 0.29) is 22.8 Å². The monoisotopic (exact) mass is 266 g/mol. The number of benzene rings is 1. The lowest BCUT2D eigenvalue weighted by molar-refractivity contribution is 0.0878. The summed E-state index contributed by atoms with van der Waals surface area (Å²) in [5.41, 5.74) is 0.123. The van der Waals surface area contributed by atoms with E-state index in [0.29, 0.717) is 0 Å². The van der Waals surface area contributed by atoms with Crippen LogP contribution < -0.4 is 0 Å². The number of hydrogen-bond acceptors (Lipinski definition) is 3. The van der Waals surface area contributed by atoms with E-state index in [1.165, 1.54) is 18.4 Å². The van der Waals surface area contributed by atoms with E-state index in [0.717, 1.165) is 12.1 Å². The molecule has 0 aliphatic carbocycles. The summed E-state index contributed by atoms with van der Waals surface area (Å²) < 4.78 is 17.7. The molecule has 0 amide bonds. The molecule has 2 aromatic rings. The zero-order chi connectivity index (χ0) is 13.1. The second-order valence-corrected chi connectivity index (χ2v) is 4.03. The smallest absolute Gasteiger partial charge is 0.205 e. The number of ketones is 2. The van der Waals surface area contributed by atoms with Crippen molar-refractivity contribution in [3.63, 3.8) is 0 Å². The van der Waals surface area contributed by atoms with Gasteiger partial charge in [-0.15, -0.1) is 0 Å². The number of carbonyl (C=O) groups excluding carboxylic acids is 2. The molecule has 1 heterocycles. The molecule has 3 nitrogen and oxygen atoms in total. The van der Waals surface area contributed by atoms with Gasteiger partial charge in [-0.25, -0.2) is 4.39 Å². The van der Waals surface area contributed by atoms with Crippen LogP contribution in [-0.2, 0) is 0 Å². The number of rotatable bonds is 4. The molecule has 0 spiro atoms. The Labute approximate surface area is 107 Å². The fraction of sp³-hybridized carbons (Fsp3) is 0.0769. The van der Waals surface area contributed by atoms with Crippen LogP contribution in [0.4, 0.5) is 4.39 Å². The molecule has 0 saturated heterocycles. The summed E-state index contributed by atoms with van der Waals surface area (Å²) in [6, 6.07) is 6.45. The van der Waals surface area contributed by atoms with Gasteiger partial charge in [-0.2, -0.15) is 0 Å². The Balaban J connectivity index is 2.15. The van der Waals surface area contributed by atoms with E-state index in [1.54, 1.807) is 6.07 Å². The highest BCUT2D eigenvalue weighted by Gasteiger charge is 2.17. The second kappa shape index (κ2) is 5.14. The number of Topliss-reactive ketones (excluding diaryl/α,β-unsaturated/α-hetero) is 2. The Morgan fingerprint density at radius 1 is 1.22 bits per heavy atom. The van der Waals surface area contributed by atoms with Crippen molar-refractivity contribution < 1.29 is 18.4 Å². The van der Waals surface area contributed by atoms with Gasteiger partial charge in [0.05, 0.1) is 17.7 Å². The third-order valence-corrected chi connectivity index (χ3v) is 2.66. The maximum Gasteiger partial charge on any atom is 0.205 e. The molecule has 0 saturated carbocycles. The quantitative estimate of drug-likeness (QED) is 0.628. The average Bonchev–Trinajstić information content (AvgIpc) is 2.81. The third-order valence-electron chi connectivity index (χ3n) is 2.35. The van der Waals surface area contributed by atoms with Crippen molar-refractivity contribution in [2.45, 2.75) is 6.42 Å². The number of hydrogen-bond donors (Lipinski definition) is 0. The zero-order valence-electron chi connectivity index (χ0n) is 9.15. The Bertz CT molecular complexity index is 590. The van der Waals surface area contributed by atoms with Gasteiger partial charge in [-0.05, 0) is 30.3 Å². The molecule has 0 unspecified atom stereocenters. The van der Waals surface area contributed by atoms with Gasteiger partial charge in [0.2, 0.25) is 5.78 Å². The van der Waals surface area contributed by atoms with E-state index in [1.807, 2.05) is 0 Å². The van der Waals surface area contributed by atoms with Crippen LogP contribution in [0, 0.1) is 5.82 Å². The van der Waals surface area contributed by atoms with Gasteiger partial charge in [0.15, 0.2) is 11.5 Å². The summed E-state index contributed by atoms with van der Waals surface area (Å²) in [6.45, 7) is 0. The van der Waals surface area contributed by atoms with Crippen LogP contribution in [0.3, 0.4) is 0 Å². The standard InChI is InChI=1S/C13H8ClFO3/c14-10-6-8(15)3-4-9(10)11(16)7-12(17)13-2-1-5-18-13/h1-6H,7H2. The maximum atomic E-state index is 12.8. The third kappa shape index (κ3) is 2.65. The second-order valence-electron chi connectivity index (χ2n) is 3.62. The van der Waals surface area contributed by atoms with E-state index < -0.39 is 17.4 Å². The van der Waals surface area contributed by atoms with Crippen molar-refractivity contribution in [2.75, 3.05) is 0 Å². The molecule has 0 aliphatic heterocycles. The molecule has 92 valence electrons. The van der Waals surface area contributed by atoms with Crippen LogP contribution in [0.2, 0.25) is 5.02 Å². The molecular formula is C13H8ClFO3. The van der Waals surface area contributed by atoms with E-state index in [2.05, 4.69) is 0 Å². The van der Waals surface area contributed by atoms with Gasteiger partial charge in [0.1, 0.15) is 5.82 Å². The summed E-state index contributed by atoms with van der Waals surface area (Å²) in [7, 11) is 0. The van der Waals surface area contributed by atoms with Gasteiger partial charge >= 0.3 is 0 Å². The number of halogens is 2. The molecule has 1 aromatic carbocycles. The average molecular weight is 267 g/mol. The predicted octanol–water partition coefficient (Wildman–Crippen LogP) is 3.53. The maximum absolute atomic E-state index is 12.8. The predicted molar refractivity (Wildman–Crippen MR) is 63.4 cm³/mol. The van der Waals surface area contributed by atoms with Crippen molar-refractivity contribution in [3.05, 3.63) is 58.8 Å². The highest BCUT2D eigenvalue weighted by Crippen LogP contribution is 2.19.